The van der Waals surface area contributed by atoms with Gasteiger partial charge < -0.3 is 5.32 Å². The Hall–Kier alpha value is -0.530. The van der Waals surface area contributed by atoms with E-state index in [2.05, 4.69) is 5.32 Å². The normalized spacial score (nSPS) is 36.0. The first-order chi connectivity index (χ1) is 3.75. The van der Waals surface area contributed by atoms with Crippen molar-refractivity contribution < 1.29 is 4.79 Å². The van der Waals surface area contributed by atoms with Crippen LogP contribution in [0.25, 0.3) is 0 Å². The summed E-state index contributed by atoms with van der Waals surface area (Å²) < 4.78 is 0. The predicted octanol–water partition coefficient (Wildman–Crippen LogP) is 0.531. The van der Waals surface area contributed by atoms with Gasteiger partial charge in [0.25, 0.3) is 0 Å². The van der Waals surface area contributed by atoms with Crippen LogP contribution in [0.15, 0.2) is 0 Å². The minimum atomic E-state index is 0.222. The van der Waals surface area contributed by atoms with Crippen molar-refractivity contribution in [2.24, 2.45) is 5.92 Å². The van der Waals surface area contributed by atoms with E-state index in [0.29, 0.717) is 12.0 Å². The molecule has 1 fully saturated rings. The van der Waals surface area contributed by atoms with Gasteiger partial charge in [-0.3, -0.25) is 4.79 Å². The van der Waals surface area contributed by atoms with Gasteiger partial charge >= 0.3 is 0 Å². The highest BCUT2D eigenvalue weighted by molar-refractivity contribution is 5.85. The van der Waals surface area contributed by atoms with Gasteiger partial charge in [-0.25, -0.2) is 0 Å². The fraction of sp³-hybridized carbons (Fsp3) is 0.833. The Morgan fingerprint density at radius 3 is 2.50 bits per heavy atom. The molecule has 2 atom stereocenters. The molecule has 1 N–H and O–H groups in total. The quantitative estimate of drug-likeness (QED) is 0.494. The van der Waals surface area contributed by atoms with Gasteiger partial charge in [-0.15, -0.1) is 0 Å². The number of carbonyl (C=O) groups excluding carboxylic acids is 1. The molecule has 46 valence electrons. The van der Waals surface area contributed by atoms with E-state index >= 15 is 0 Å². The molecular weight excluding hydrogens is 102 g/mol. The van der Waals surface area contributed by atoms with E-state index in [9.17, 15) is 4.79 Å². The Kier molecular flexibility index (Phi) is 1.24. The lowest BCUT2D eigenvalue weighted by molar-refractivity contribution is -0.134. The Balaban J connectivity index is 2.40. The average molecular weight is 113 g/mol. The molecule has 1 saturated heterocycles. The average Bonchev–Trinajstić information content (AvgIpc) is 1.67. The van der Waals surface area contributed by atoms with Gasteiger partial charge in [-0.1, -0.05) is 6.92 Å². The van der Waals surface area contributed by atoms with Crippen LogP contribution in [0.1, 0.15) is 20.3 Å². The third-order valence-electron chi connectivity index (χ3n) is 1.75. The number of rotatable bonds is 1. The minimum absolute atomic E-state index is 0.222. The second-order valence-electron chi connectivity index (χ2n) is 2.31. The van der Waals surface area contributed by atoms with Crippen molar-refractivity contribution >= 4 is 5.91 Å². The highest BCUT2D eigenvalue weighted by atomic mass is 16.2. The minimum Gasteiger partial charge on any atom is -0.353 e. The lowest BCUT2D eigenvalue weighted by Gasteiger charge is -2.33. The first-order valence-electron chi connectivity index (χ1n) is 3.06. The van der Waals surface area contributed by atoms with Gasteiger partial charge in [0, 0.05) is 6.04 Å². The van der Waals surface area contributed by atoms with Crippen LogP contribution in [0.4, 0.5) is 0 Å². The topological polar surface area (TPSA) is 29.1 Å². The highest BCUT2D eigenvalue weighted by Crippen LogP contribution is 2.16. The standard InChI is InChI=1S/C6H11NO/c1-3-5-4(2)7-6(5)8/h4-5H,3H2,1-2H3,(H,7,8)/t4-,5+/m0/s1. The van der Waals surface area contributed by atoms with Crippen LogP contribution in [0, 0.1) is 5.92 Å². The van der Waals surface area contributed by atoms with E-state index in [-0.39, 0.29) is 5.91 Å². The van der Waals surface area contributed by atoms with Gasteiger partial charge in [0.15, 0.2) is 0 Å². The molecule has 1 aliphatic heterocycles. The summed E-state index contributed by atoms with van der Waals surface area (Å²) in [6.45, 7) is 4.08. The molecule has 0 aromatic heterocycles. The van der Waals surface area contributed by atoms with Crippen molar-refractivity contribution in [2.75, 3.05) is 0 Å². The number of hydrogen-bond donors (Lipinski definition) is 1. The van der Waals surface area contributed by atoms with E-state index < -0.39 is 0 Å². The van der Waals surface area contributed by atoms with Crippen LogP contribution in [0.3, 0.4) is 0 Å². The van der Waals surface area contributed by atoms with Crippen molar-refractivity contribution in [1.29, 1.82) is 0 Å². The first kappa shape index (κ1) is 5.60. The third-order valence-corrected chi connectivity index (χ3v) is 1.75. The maximum Gasteiger partial charge on any atom is 0.225 e. The molecule has 0 aromatic carbocycles. The Morgan fingerprint density at radius 1 is 1.75 bits per heavy atom. The summed E-state index contributed by atoms with van der Waals surface area (Å²) >= 11 is 0. The van der Waals surface area contributed by atoms with Gasteiger partial charge in [0.1, 0.15) is 0 Å². The molecule has 0 saturated carbocycles. The van der Waals surface area contributed by atoms with Gasteiger partial charge in [0.05, 0.1) is 5.92 Å². The zero-order valence-electron chi connectivity index (χ0n) is 5.27. The fourth-order valence-corrected chi connectivity index (χ4v) is 1.10. The van der Waals surface area contributed by atoms with Gasteiger partial charge in [-0.05, 0) is 13.3 Å². The van der Waals surface area contributed by atoms with Crippen molar-refractivity contribution in [2.45, 2.75) is 26.3 Å². The molecule has 1 amide bonds. The predicted molar refractivity (Wildman–Crippen MR) is 31.4 cm³/mol. The lowest BCUT2D eigenvalue weighted by Crippen LogP contribution is -2.55. The van der Waals surface area contributed by atoms with Crippen LogP contribution < -0.4 is 5.32 Å². The van der Waals surface area contributed by atoms with Crippen molar-refractivity contribution in [3.63, 3.8) is 0 Å². The summed E-state index contributed by atoms with van der Waals surface area (Å²) in [5.41, 5.74) is 0. The number of nitrogens with one attached hydrogen (secondary N) is 1. The summed E-state index contributed by atoms with van der Waals surface area (Å²) in [4.78, 5) is 10.6. The molecule has 1 heterocycles. The Morgan fingerprint density at radius 2 is 2.38 bits per heavy atom. The maximum absolute atomic E-state index is 10.6. The molecule has 0 aromatic rings. The van der Waals surface area contributed by atoms with E-state index in [0.717, 1.165) is 6.42 Å². The molecule has 2 heteroatoms. The summed E-state index contributed by atoms with van der Waals surface area (Å²) in [5, 5.41) is 2.77. The zero-order chi connectivity index (χ0) is 6.15. The van der Waals surface area contributed by atoms with E-state index in [4.69, 9.17) is 0 Å². The van der Waals surface area contributed by atoms with E-state index in [1.165, 1.54) is 0 Å². The molecule has 0 radical (unpaired) electrons. The Labute approximate surface area is 49.3 Å². The monoisotopic (exact) mass is 113 g/mol. The van der Waals surface area contributed by atoms with E-state index in [1.807, 2.05) is 13.8 Å². The van der Waals surface area contributed by atoms with Crippen LogP contribution >= 0.6 is 0 Å². The molecule has 1 aliphatic rings. The maximum atomic E-state index is 10.6. The van der Waals surface area contributed by atoms with Crippen LogP contribution in [0.2, 0.25) is 0 Å². The molecule has 0 bridgehead atoms. The molecule has 0 spiro atoms. The van der Waals surface area contributed by atoms with Crippen LogP contribution in [-0.4, -0.2) is 11.9 Å². The van der Waals surface area contributed by atoms with Crippen molar-refractivity contribution in [3.05, 3.63) is 0 Å². The Bertz CT molecular complexity index is 111. The van der Waals surface area contributed by atoms with Gasteiger partial charge in [-0.2, -0.15) is 0 Å². The molecular formula is C6H11NO. The second-order valence-corrected chi connectivity index (χ2v) is 2.31. The van der Waals surface area contributed by atoms with Crippen molar-refractivity contribution in [1.82, 2.24) is 5.32 Å². The smallest absolute Gasteiger partial charge is 0.225 e. The second kappa shape index (κ2) is 1.77. The number of hydrogen-bond acceptors (Lipinski definition) is 1. The summed E-state index contributed by atoms with van der Waals surface area (Å²) in [6, 6.07) is 0.424. The fourth-order valence-electron chi connectivity index (χ4n) is 1.10. The van der Waals surface area contributed by atoms with Gasteiger partial charge in [0.2, 0.25) is 5.91 Å². The summed E-state index contributed by atoms with van der Waals surface area (Å²) in [7, 11) is 0. The molecule has 0 aliphatic carbocycles. The molecule has 0 unspecified atom stereocenters. The summed E-state index contributed by atoms with van der Waals surface area (Å²) in [6.07, 6.45) is 0.979. The number of carbonyl (C=O) groups is 1. The van der Waals surface area contributed by atoms with Crippen LogP contribution in [-0.2, 0) is 4.79 Å². The molecule has 1 rings (SSSR count). The molecule has 8 heavy (non-hydrogen) atoms. The van der Waals surface area contributed by atoms with Crippen molar-refractivity contribution in [3.8, 4) is 0 Å². The zero-order valence-corrected chi connectivity index (χ0v) is 5.27. The third kappa shape index (κ3) is 0.602. The SMILES string of the molecule is CC[C@H]1C(=O)N[C@H]1C. The highest BCUT2D eigenvalue weighted by Gasteiger charge is 2.33. The van der Waals surface area contributed by atoms with E-state index in [1.54, 1.807) is 0 Å². The van der Waals surface area contributed by atoms with Crippen LogP contribution in [0.5, 0.6) is 0 Å². The number of β-lactam (4-membered cyclic amide) rings is 1. The number of amides is 1. The summed E-state index contributed by atoms with van der Waals surface area (Å²) in [5.74, 6) is 0.523. The lowest BCUT2D eigenvalue weighted by atomic mass is 9.90. The molecule has 2 nitrogen and oxygen atoms in total. The largest absolute Gasteiger partial charge is 0.353 e. The first-order valence-corrected chi connectivity index (χ1v) is 3.06.